The second-order valence-corrected chi connectivity index (χ2v) is 20.8. The standard InChI is InChI=1S/2C8H18OP2.ClHO4.4Tc/c2*1-7(10(3)4)9-8(2)11(5)6;2-1(3,4)5;;;;/h2*7-8H,1-2H2,3-6H3;(H,2,3,4,5);;;;. The summed E-state index contributed by atoms with van der Waals surface area (Å²) in [4.78, 5) is 4.53. The molecule has 0 aromatic rings. The fourth-order valence-electron chi connectivity index (χ4n) is 1.55. The van der Waals surface area contributed by atoms with Crippen LogP contribution in [0.15, 0.2) is 0 Å². The summed E-state index contributed by atoms with van der Waals surface area (Å²) in [5, 5.41) is 0. The van der Waals surface area contributed by atoms with Gasteiger partial charge in [-0.05, 0) is 0 Å². The molecule has 31 heavy (non-hydrogen) atoms. The maximum absolute atomic E-state index is 8.60. The van der Waals surface area contributed by atoms with Crippen LogP contribution in [0.25, 0.3) is 0 Å². The molecule has 1 N–H and O–H groups in total. The fourth-order valence-corrected chi connectivity index (χ4v) is 13.3. The van der Waals surface area contributed by atoms with Crippen molar-refractivity contribution in [3.8, 4) is 0 Å². The molecule has 0 fully saturated rings. The van der Waals surface area contributed by atoms with Crippen molar-refractivity contribution in [2.75, 3.05) is 53.3 Å². The Bertz CT molecular complexity index is 349. The van der Waals surface area contributed by atoms with Gasteiger partial charge in [-0.25, -0.2) is 0 Å². The Labute approximate surface area is 239 Å². The smallest absolute Gasteiger partial charge is 0.0777 e. The maximum atomic E-state index is 8.60. The summed E-state index contributed by atoms with van der Waals surface area (Å²) >= 11 is 9.74. The van der Waals surface area contributed by atoms with Crippen molar-refractivity contribution < 1.29 is 114 Å². The first kappa shape index (κ1) is 39.9. The quantitative estimate of drug-likeness (QED) is 0.301. The van der Waals surface area contributed by atoms with Crippen LogP contribution in [0.2, 0.25) is 19.7 Å². The molecule has 6 nitrogen and oxygen atoms in total. The average Bonchev–Trinajstić information content (AvgIpc) is 2.61. The zero-order valence-corrected chi connectivity index (χ0v) is 31.1. The van der Waals surface area contributed by atoms with E-state index >= 15 is 0 Å². The Morgan fingerprint density at radius 1 is 0.581 bits per heavy atom. The summed E-state index contributed by atoms with van der Waals surface area (Å²) in [6.07, 6.45) is 0. The van der Waals surface area contributed by atoms with Gasteiger partial charge in [0, 0.05) is 0 Å². The number of hydrogen-bond donors (Lipinski definition) is 1. The second-order valence-electron chi connectivity index (χ2n) is 6.96. The largest absolute Gasteiger partial charge is 0.183 e. The number of ether oxygens (including phenoxy) is 2. The van der Waals surface area contributed by atoms with Gasteiger partial charge in [-0.1, -0.05) is 0 Å². The first-order valence-electron chi connectivity index (χ1n) is 8.89. The minimum absolute atomic E-state index is 0.0503. The van der Waals surface area contributed by atoms with Gasteiger partial charge in [-0.3, -0.25) is 0 Å². The average molecular weight is 877 g/mol. The molecule has 0 saturated heterocycles. The molecule has 0 aromatic heterocycles. The van der Waals surface area contributed by atoms with Gasteiger partial charge in [0.1, 0.15) is 0 Å². The molecular weight excluding hydrogens is 840 g/mol. The van der Waals surface area contributed by atoms with Crippen molar-refractivity contribution in [3.63, 3.8) is 0 Å². The molecule has 0 aliphatic heterocycles. The van der Waals surface area contributed by atoms with E-state index in [9.17, 15) is 0 Å². The molecule has 0 aliphatic carbocycles. The molecule has 0 rings (SSSR count). The van der Waals surface area contributed by atoms with E-state index in [0.717, 1.165) is 19.7 Å². The van der Waals surface area contributed by atoms with Gasteiger partial charge >= 0.3 is 213 Å². The molecule has 0 spiro atoms. The van der Waals surface area contributed by atoms with Crippen LogP contribution in [-0.4, -0.2) is 81.4 Å². The van der Waals surface area contributed by atoms with Crippen molar-refractivity contribution in [2.45, 2.75) is 43.1 Å². The van der Waals surface area contributed by atoms with E-state index in [0.29, 0.717) is 23.4 Å². The van der Waals surface area contributed by atoms with E-state index in [1.807, 2.05) is 0 Å². The normalized spacial score (nSPS) is 15.9. The third-order valence-electron chi connectivity index (χ3n) is 3.46. The van der Waals surface area contributed by atoms with Crippen molar-refractivity contribution in [2.24, 2.45) is 0 Å². The third-order valence-corrected chi connectivity index (χ3v) is 14.4. The van der Waals surface area contributed by atoms with Crippen molar-refractivity contribution in [3.05, 3.63) is 0 Å². The van der Waals surface area contributed by atoms with Crippen LogP contribution in [0.4, 0.5) is 0 Å². The van der Waals surface area contributed by atoms with Crippen LogP contribution in [0, 0.1) is 10.2 Å². The Morgan fingerprint density at radius 2 is 0.710 bits per heavy atom. The first-order valence-corrected chi connectivity index (χ1v) is 24.6. The predicted molar refractivity (Wildman–Crippen MR) is 114 cm³/mol. The zero-order valence-electron chi connectivity index (χ0n) is 19.3. The molecule has 0 aromatic carbocycles. The third kappa shape index (κ3) is 27.2. The maximum Gasteiger partial charge on any atom is 0.0777 e. The molecule has 0 radical (unpaired) electrons. The van der Waals surface area contributed by atoms with Gasteiger partial charge in [0.05, 0.1) is 14.9 Å². The molecule has 4 atom stereocenters. The molecule has 0 aliphatic rings. The van der Waals surface area contributed by atoms with Gasteiger partial charge in [0.2, 0.25) is 0 Å². The molecule has 0 saturated carbocycles. The molecule has 0 amide bonds. The molecule has 4 unspecified atom stereocenters. The fraction of sp³-hybridized carbons (Fsp3) is 1.00. The SMILES string of the molecule is CP(C)C([CH2][Tc])OC([CH2][Tc])P(C)C.CP(C)C([CH2][Tc])OC([CH2][Tc])P(C)C.[O-][Cl+3]([O-])([O-])O. The van der Waals surface area contributed by atoms with E-state index in [4.69, 9.17) is 28.1 Å². The molecule has 15 heteroatoms. The van der Waals surface area contributed by atoms with E-state index < -0.39 is 10.2 Å². The summed E-state index contributed by atoms with van der Waals surface area (Å²) in [5.41, 5.74) is 0. The summed E-state index contributed by atoms with van der Waals surface area (Å²) in [5.74, 6) is 2.00. The Kier molecular flexibility index (Phi) is 30.2. The van der Waals surface area contributed by atoms with Crippen LogP contribution in [-0.2, 0) is 85.1 Å². The molecular formula is C16H37ClO6P4Tc4. The molecule has 0 heterocycles. The van der Waals surface area contributed by atoms with Gasteiger partial charge in [-0.15, -0.1) is 0 Å². The van der Waals surface area contributed by atoms with Gasteiger partial charge in [-0.2, -0.15) is 14.0 Å². The second kappa shape index (κ2) is 23.5. The number of halogens is 1. The van der Waals surface area contributed by atoms with Crippen LogP contribution in [0.5, 0.6) is 0 Å². The molecule has 192 valence electrons. The topological polar surface area (TPSA) is 108 Å². The van der Waals surface area contributed by atoms with Crippen LogP contribution in [0.3, 0.4) is 0 Å². The zero-order chi connectivity index (χ0) is 25.4. The van der Waals surface area contributed by atoms with Crippen molar-refractivity contribution in [1.29, 1.82) is 0 Å². The van der Waals surface area contributed by atoms with Crippen LogP contribution < -0.4 is 14.0 Å². The predicted octanol–water partition coefficient (Wildman–Crippen LogP) is 2.01. The van der Waals surface area contributed by atoms with Crippen LogP contribution >= 0.6 is 31.7 Å². The minimum Gasteiger partial charge on any atom is -0.183 e. The van der Waals surface area contributed by atoms with Gasteiger partial charge in [0.25, 0.3) is 0 Å². The van der Waals surface area contributed by atoms with Gasteiger partial charge < -0.3 is 0 Å². The van der Waals surface area contributed by atoms with Crippen molar-refractivity contribution in [1.82, 2.24) is 0 Å². The monoisotopic (exact) mass is 872 g/mol. The van der Waals surface area contributed by atoms with E-state index in [-0.39, 0.29) is 31.7 Å². The first-order chi connectivity index (χ1) is 14.0. The number of hydrogen-bond acceptors (Lipinski definition) is 6. The Morgan fingerprint density at radius 3 is 0.774 bits per heavy atom. The van der Waals surface area contributed by atoms with E-state index in [2.05, 4.69) is 129 Å². The summed E-state index contributed by atoms with van der Waals surface area (Å²) < 4.78 is 45.0. The minimum atomic E-state index is -4.69. The van der Waals surface area contributed by atoms with Crippen LogP contribution in [0.1, 0.15) is 0 Å². The van der Waals surface area contributed by atoms with Gasteiger partial charge in [0.15, 0.2) is 0 Å². The summed E-state index contributed by atoms with van der Waals surface area (Å²) in [6, 6.07) is 0. The van der Waals surface area contributed by atoms with E-state index in [1.165, 1.54) is 0 Å². The Hall–Kier alpha value is 4.37. The Balaban J connectivity index is -0.000000416. The molecule has 0 bridgehead atoms. The number of rotatable bonds is 12. The summed E-state index contributed by atoms with van der Waals surface area (Å²) in [7, 11) is -4.49. The summed E-state index contributed by atoms with van der Waals surface area (Å²) in [6.45, 7) is 18.4. The van der Waals surface area contributed by atoms with E-state index in [1.54, 1.807) is 0 Å². The van der Waals surface area contributed by atoms with Crippen molar-refractivity contribution >= 4 is 31.7 Å².